The molecule has 0 bridgehead atoms. The van der Waals surface area contributed by atoms with Crippen molar-refractivity contribution >= 4 is 27.9 Å². The van der Waals surface area contributed by atoms with E-state index in [0.29, 0.717) is 18.3 Å². The molecule has 5 aliphatic carbocycles. The SMILES string of the molecule is C=C(C(O)C(=O)[C@@H](C)[C@H]1[C@@H](OC(C)=O)C[C@@]2(C)[C@@H]3CC[C@H]4[C@H](C)C(=O)C=C[C@@]45C[C@@]35CC[C@]12C)[C@@H](C)COS(=O)(=O)O. The Hall–Kier alpha value is -1.88. The highest BCUT2D eigenvalue weighted by molar-refractivity contribution is 7.80. The number of carbonyl (C=O) groups excluding carboxylic acids is 3. The Balaban J connectivity index is 1.44. The summed E-state index contributed by atoms with van der Waals surface area (Å²) in [5, 5.41) is 11.1. The number of carbonyl (C=O) groups is 3. The van der Waals surface area contributed by atoms with E-state index in [1.165, 1.54) is 6.92 Å². The largest absolute Gasteiger partial charge is 0.462 e. The predicted octanol–water partition coefficient (Wildman–Crippen LogP) is 4.50. The lowest BCUT2D eigenvalue weighted by molar-refractivity contribution is -0.155. The van der Waals surface area contributed by atoms with Gasteiger partial charge in [0.25, 0.3) is 0 Å². The highest BCUT2D eigenvalue weighted by atomic mass is 32.3. The first-order valence-corrected chi connectivity index (χ1v) is 16.6. The van der Waals surface area contributed by atoms with Gasteiger partial charge in [-0.2, -0.15) is 8.42 Å². The summed E-state index contributed by atoms with van der Waals surface area (Å²) in [4.78, 5) is 38.8. The fourth-order valence-corrected chi connectivity index (χ4v) is 11.2. The van der Waals surface area contributed by atoms with E-state index in [0.717, 1.165) is 32.1 Å². The molecule has 0 amide bonds. The van der Waals surface area contributed by atoms with E-state index in [-0.39, 0.29) is 44.9 Å². The number of Topliss-reactive ketones (excluding diaryl/α,β-unsaturated/α-hetero) is 1. The van der Waals surface area contributed by atoms with Crippen LogP contribution in [-0.4, -0.2) is 54.4 Å². The maximum Gasteiger partial charge on any atom is 0.397 e. The number of esters is 1. The number of aliphatic hydroxyl groups is 1. The maximum absolute atomic E-state index is 13.8. The Morgan fingerprint density at radius 1 is 1.17 bits per heavy atom. The number of hydrogen-bond acceptors (Lipinski definition) is 8. The van der Waals surface area contributed by atoms with Gasteiger partial charge in [0, 0.05) is 30.6 Å². The Morgan fingerprint density at radius 2 is 1.83 bits per heavy atom. The van der Waals surface area contributed by atoms with Gasteiger partial charge in [-0.15, -0.1) is 0 Å². The highest BCUT2D eigenvalue weighted by Gasteiger charge is 2.81. The van der Waals surface area contributed by atoms with Gasteiger partial charge in [-0.1, -0.05) is 47.3 Å². The van der Waals surface area contributed by atoms with E-state index in [4.69, 9.17) is 9.29 Å². The second-order valence-corrected chi connectivity index (χ2v) is 15.7. The zero-order chi connectivity index (χ0) is 31.2. The first kappa shape index (κ1) is 31.5. The van der Waals surface area contributed by atoms with Crippen LogP contribution < -0.4 is 0 Å². The van der Waals surface area contributed by atoms with Crippen LogP contribution in [0.4, 0.5) is 0 Å². The number of allylic oxidation sites excluding steroid dienone is 2. The van der Waals surface area contributed by atoms with Gasteiger partial charge in [0.05, 0.1) is 6.61 Å². The van der Waals surface area contributed by atoms with E-state index in [2.05, 4.69) is 37.6 Å². The van der Waals surface area contributed by atoms with Crippen molar-refractivity contribution < 1.29 is 41.4 Å². The number of aliphatic hydroxyl groups excluding tert-OH is 1. The molecular weight excluding hydrogens is 560 g/mol. The predicted molar refractivity (Wildman–Crippen MR) is 154 cm³/mol. The van der Waals surface area contributed by atoms with Crippen LogP contribution in [0.15, 0.2) is 24.3 Å². The fourth-order valence-electron chi connectivity index (χ4n) is 10.8. The summed E-state index contributed by atoms with van der Waals surface area (Å²) in [6.07, 6.45) is 7.47. The second-order valence-electron chi connectivity index (χ2n) is 14.6. The van der Waals surface area contributed by atoms with Gasteiger partial charge in [0.1, 0.15) is 12.2 Å². The van der Waals surface area contributed by atoms with Crippen LogP contribution in [0.25, 0.3) is 0 Å². The number of hydrogen-bond donors (Lipinski definition) is 2. The van der Waals surface area contributed by atoms with Crippen molar-refractivity contribution in [3.05, 3.63) is 24.3 Å². The standard InChI is InChI=1S/C32H46O9S/c1-17(15-40-42(37,38)39)18(2)27(35)28(36)20(4)26-24(41-21(5)33)14-30(7)25-9-8-22-19(3)23(34)10-11-31(22)16-32(25,31)13-12-29(26,30)6/h10-11,17,19-20,22,24-27,35H,2,8-9,12-16H2,1,3-7H3,(H,37,38,39)/t17-,19-,20-,22-,24-,25-,26-,27?,29+,30-,31+,32-/m0/s1. The molecule has 0 heterocycles. The minimum absolute atomic E-state index is 0.0269. The highest BCUT2D eigenvalue weighted by Crippen LogP contribution is 2.87. The van der Waals surface area contributed by atoms with Crippen LogP contribution in [0.3, 0.4) is 0 Å². The molecule has 0 radical (unpaired) electrons. The molecule has 5 aliphatic rings. The Labute approximate surface area is 249 Å². The van der Waals surface area contributed by atoms with Gasteiger partial charge >= 0.3 is 16.4 Å². The molecule has 2 N–H and O–H groups in total. The average molecular weight is 607 g/mol. The first-order valence-electron chi connectivity index (χ1n) is 15.3. The molecule has 12 atom stereocenters. The normalized spacial score (nSPS) is 44.1. The Bertz CT molecular complexity index is 1340. The monoisotopic (exact) mass is 606 g/mol. The van der Waals surface area contributed by atoms with Crippen LogP contribution in [0, 0.1) is 57.2 Å². The van der Waals surface area contributed by atoms with Gasteiger partial charge in [0.2, 0.25) is 0 Å². The zero-order valence-corrected chi connectivity index (χ0v) is 26.4. The topological polar surface area (TPSA) is 144 Å². The molecule has 42 heavy (non-hydrogen) atoms. The summed E-state index contributed by atoms with van der Waals surface area (Å²) in [6, 6.07) is 0. The van der Waals surface area contributed by atoms with Crippen molar-refractivity contribution in [1.29, 1.82) is 0 Å². The summed E-state index contributed by atoms with van der Waals surface area (Å²) in [5.41, 5.74) is -0.336. The van der Waals surface area contributed by atoms with Crippen LogP contribution in [0.5, 0.6) is 0 Å². The Kier molecular flexibility index (Phi) is 7.57. The molecule has 0 aromatic rings. The van der Waals surface area contributed by atoms with Gasteiger partial charge < -0.3 is 9.84 Å². The molecular formula is C32H46O9S. The van der Waals surface area contributed by atoms with Crippen molar-refractivity contribution in [1.82, 2.24) is 0 Å². The number of ether oxygens (including phenoxy) is 1. The molecule has 5 rings (SSSR count). The van der Waals surface area contributed by atoms with E-state index in [1.54, 1.807) is 13.8 Å². The molecule has 4 fully saturated rings. The number of rotatable bonds is 9. The minimum atomic E-state index is -4.68. The molecule has 9 nitrogen and oxygen atoms in total. The average Bonchev–Trinajstić information content (AvgIpc) is 3.51. The van der Waals surface area contributed by atoms with E-state index in [1.807, 2.05) is 6.08 Å². The van der Waals surface area contributed by atoms with Crippen molar-refractivity contribution in [2.45, 2.75) is 92.3 Å². The molecule has 4 saturated carbocycles. The molecule has 0 aromatic heterocycles. The lowest BCUT2D eigenvalue weighted by Crippen LogP contribution is -2.55. The van der Waals surface area contributed by atoms with Crippen molar-refractivity contribution in [2.24, 2.45) is 57.2 Å². The summed E-state index contributed by atoms with van der Waals surface area (Å²) < 4.78 is 41.4. The van der Waals surface area contributed by atoms with Crippen LogP contribution in [0.2, 0.25) is 0 Å². The number of fused-ring (bicyclic) bond motifs is 2. The van der Waals surface area contributed by atoms with Gasteiger partial charge in [-0.3, -0.25) is 18.9 Å². The molecule has 0 aliphatic heterocycles. The van der Waals surface area contributed by atoms with Crippen LogP contribution in [-0.2, 0) is 33.7 Å². The van der Waals surface area contributed by atoms with E-state index < -0.39 is 52.8 Å². The maximum atomic E-state index is 13.8. The number of ketones is 2. The van der Waals surface area contributed by atoms with Crippen LogP contribution in [0.1, 0.15) is 80.1 Å². The Morgan fingerprint density at radius 3 is 2.45 bits per heavy atom. The minimum Gasteiger partial charge on any atom is -0.462 e. The fraction of sp³-hybridized carbons (Fsp3) is 0.781. The summed E-state index contributed by atoms with van der Waals surface area (Å²) >= 11 is 0. The van der Waals surface area contributed by atoms with E-state index >= 15 is 0 Å². The lowest BCUT2D eigenvalue weighted by atomic mass is 9.43. The quantitative estimate of drug-likeness (QED) is 0.220. The molecule has 1 unspecified atom stereocenters. The van der Waals surface area contributed by atoms with Gasteiger partial charge in [-0.05, 0) is 83.7 Å². The van der Waals surface area contributed by atoms with Crippen molar-refractivity contribution in [2.75, 3.05) is 6.61 Å². The molecule has 10 heteroatoms. The second kappa shape index (κ2) is 10.1. The molecule has 0 saturated heterocycles. The summed E-state index contributed by atoms with van der Waals surface area (Å²) in [5.74, 6) is -1.63. The first-order chi connectivity index (χ1) is 19.4. The molecule has 234 valence electrons. The van der Waals surface area contributed by atoms with Crippen molar-refractivity contribution in [3.8, 4) is 0 Å². The smallest absolute Gasteiger partial charge is 0.397 e. The summed E-state index contributed by atoms with van der Waals surface area (Å²) in [6.45, 7) is 14.7. The third kappa shape index (κ3) is 4.41. The summed E-state index contributed by atoms with van der Waals surface area (Å²) in [7, 11) is -4.68. The third-order valence-electron chi connectivity index (χ3n) is 13.1. The van der Waals surface area contributed by atoms with Crippen molar-refractivity contribution in [3.63, 3.8) is 0 Å². The lowest BCUT2D eigenvalue weighted by Gasteiger charge is -2.60. The molecule has 0 aromatic carbocycles. The van der Waals surface area contributed by atoms with Gasteiger partial charge in [-0.25, -0.2) is 4.18 Å². The van der Waals surface area contributed by atoms with Gasteiger partial charge in [0.15, 0.2) is 11.6 Å². The zero-order valence-electron chi connectivity index (χ0n) is 25.6. The molecule has 2 spiro atoms. The third-order valence-corrected chi connectivity index (χ3v) is 13.5. The van der Waals surface area contributed by atoms with Crippen LogP contribution >= 0.6 is 0 Å². The van der Waals surface area contributed by atoms with E-state index in [9.17, 15) is 27.9 Å².